The van der Waals surface area contributed by atoms with E-state index in [-0.39, 0.29) is 11.8 Å². The summed E-state index contributed by atoms with van der Waals surface area (Å²) >= 11 is 0. The third-order valence-electron chi connectivity index (χ3n) is 2.78. The molecule has 1 aromatic carbocycles. The summed E-state index contributed by atoms with van der Waals surface area (Å²) < 4.78 is 0. The molecular weight excluding hydrogens is 190 g/mol. The molecule has 78 valence electrons. The van der Waals surface area contributed by atoms with E-state index in [4.69, 9.17) is 0 Å². The molecule has 0 bridgehead atoms. The molecule has 0 aliphatic carbocycles. The van der Waals surface area contributed by atoms with Gasteiger partial charge in [-0.1, -0.05) is 25.1 Å². The van der Waals surface area contributed by atoms with Crippen LogP contribution in [-0.2, 0) is 16.0 Å². The Labute approximate surface area is 88.5 Å². The van der Waals surface area contributed by atoms with Gasteiger partial charge < -0.3 is 10.1 Å². The lowest BCUT2D eigenvalue weighted by Crippen LogP contribution is -2.06. The first kappa shape index (κ1) is 9.90. The molecule has 2 rings (SSSR count). The molecule has 1 unspecified atom stereocenters. The average Bonchev–Trinajstić information content (AvgIpc) is 2.57. The summed E-state index contributed by atoms with van der Waals surface area (Å²) in [5.74, 6) is 0.201. The lowest BCUT2D eigenvalue weighted by atomic mass is 9.95. The minimum Gasteiger partial charge on any atom is -0.325 e. The summed E-state index contributed by atoms with van der Waals surface area (Å²) in [6, 6.07) is 5.86. The van der Waals surface area contributed by atoms with Gasteiger partial charge in [0.15, 0.2) is 0 Å². The molecular formula is C12H13NO2. The Morgan fingerprint density at radius 1 is 1.53 bits per heavy atom. The van der Waals surface area contributed by atoms with Crippen LogP contribution in [-0.4, -0.2) is 12.2 Å². The molecule has 1 heterocycles. The fraction of sp³-hybridized carbons (Fsp3) is 0.333. The van der Waals surface area contributed by atoms with E-state index in [0.717, 1.165) is 23.1 Å². The summed E-state index contributed by atoms with van der Waals surface area (Å²) in [6.45, 7) is 1.99. The first-order chi connectivity index (χ1) is 7.22. The van der Waals surface area contributed by atoms with Gasteiger partial charge in [0.25, 0.3) is 0 Å². The van der Waals surface area contributed by atoms with Crippen LogP contribution in [0.2, 0.25) is 0 Å². The normalized spacial score (nSPS) is 15.7. The van der Waals surface area contributed by atoms with Crippen molar-refractivity contribution in [2.45, 2.75) is 25.7 Å². The minimum absolute atomic E-state index is 0.0377. The summed E-state index contributed by atoms with van der Waals surface area (Å²) in [6.07, 6.45) is 1.87. The molecule has 1 amide bonds. The number of carbonyl (C=O) groups excluding carboxylic acids is 2. The number of hydrogen-bond donors (Lipinski definition) is 1. The predicted octanol–water partition coefficient (Wildman–Crippen LogP) is 1.87. The highest BCUT2D eigenvalue weighted by atomic mass is 16.1. The van der Waals surface area contributed by atoms with Gasteiger partial charge in [-0.05, 0) is 17.0 Å². The van der Waals surface area contributed by atoms with E-state index in [9.17, 15) is 9.59 Å². The van der Waals surface area contributed by atoms with Crippen LogP contribution in [0.5, 0.6) is 0 Å². The van der Waals surface area contributed by atoms with Crippen molar-refractivity contribution in [2.75, 3.05) is 5.32 Å². The molecule has 3 heteroatoms. The van der Waals surface area contributed by atoms with Crippen LogP contribution in [0.25, 0.3) is 0 Å². The summed E-state index contributed by atoms with van der Waals surface area (Å²) in [7, 11) is 0. The van der Waals surface area contributed by atoms with Crippen molar-refractivity contribution in [3.63, 3.8) is 0 Å². The van der Waals surface area contributed by atoms with Crippen LogP contribution < -0.4 is 5.32 Å². The van der Waals surface area contributed by atoms with Crippen LogP contribution in [0.15, 0.2) is 18.2 Å². The van der Waals surface area contributed by atoms with Crippen molar-refractivity contribution in [1.29, 1.82) is 0 Å². The van der Waals surface area contributed by atoms with Gasteiger partial charge in [-0.15, -0.1) is 0 Å². The molecule has 1 aromatic rings. The zero-order valence-corrected chi connectivity index (χ0v) is 8.62. The van der Waals surface area contributed by atoms with Gasteiger partial charge in [-0.25, -0.2) is 0 Å². The standard InChI is InChI=1S/C12H13NO2/c1-8(5-6-14)10-4-2-3-9-7-11(15)13-12(9)10/h2-4,6,8H,5,7H2,1H3,(H,13,15). The first-order valence-corrected chi connectivity index (χ1v) is 5.07. The van der Waals surface area contributed by atoms with Crippen LogP contribution in [0.1, 0.15) is 30.4 Å². The van der Waals surface area contributed by atoms with Gasteiger partial charge in [0.2, 0.25) is 5.91 Å². The number of fused-ring (bicyclic) bond motifs is 1. The largest absolute Gasteiger partial charge is 0.325 e. The Balaban J connectivity index is 2.37. The van der Waals surface area contributed by atoms with E-state index < -0.39 is 0 Å². The van der Waals surface area contributed by atoms with E-state index in [1.54, 1.807) is 0 Å². The van der Waals surface area contributed by atoms with Gasteiger partial charge in [0.05, 0.1) is 6.42 Å². The molecule has 0 fully saturated rings. The molecule has 0 saturated heterocycles. The maximum Gasteiger partial charge on any atom is 0.228 e. The quantitative estimate of drug-likeness (QED) is 0.762. The zero-order chi connectivity index (χ0) is 10.8. The fourth-order valence-electron chi connectivity index (χ4n) is 1.96. The van der Waals surface area contributed by atoms with E-state index >= 15 is 0 Å². The van der Waals surface area contributed by atoms with Crippen molar-refractivity contribution < 1.29 is 9.59 Å². The molecule has 1 atom stereocenters. The molecule has 1 N–H and O–H groups in total. The third-order valence-corrected chi connectivity index (χ3v) is 2.78. The summed E-state index contributed by atoms with van der Waals surface area (Å²) in [5, 5.41) is 2.85. The van der Waals surface area contributed by atoms with E-state index in [2.05, 4.69) is 5.32 Å². The molecule has 0 aromatic heterocycles. The van der Waals surface area contributed by atoms with E-state index in [1.165, 1.54) is 0 Å². The number of carbonyl (C=O) groups is 2. The molecule has 0 radical (unpaired) electrons. The highest BCUT2D eigenvalue weighted by Gasteiger charge is 2.22. The highest BCUT2D eigenvalue weighted by Crippen LogP contribution is 2.32. The summed E-state index contributed by atoms with van der Waals surface area (Å²) in [5.41, 5.74) is 3.01. The van der Waals surface area contributed by atoms with Gasteiger partial charge >= 0.3 is 0 Å². The Morgan fingerprint density at radius 2 is 2.33 bits per heavy atom. The number of anilines is 1. The lowest BCUT2D eigenvalue weighted by Gasteiger charge is -2.12. The van der Waals surface area contributed by atoms with Crippen molar-refractivity contribution in [2.24, 2.45) is 0 Å². The SMILES string of the molecule is CC(CC=O)c1cccc2c1NC(=O)C2. The van der Waals surface area contributed by atoms with Crippen molar-refractivity contribution >= 4 is 17.9 Å². The van der Waals surface area contributed by atoms with Crippen molar-refractivity contribution in [1.82, 2.24) is 0 Å². The van der Waals surface area contributed by atoms with Gasteiger partial charge in [0, 0.05) is 12.1 Å². The monoisotopic (exact) mass is 203 g/mol. The maximum atomic E-state index is 11.3. The molecule has 0 spiro atoms. The van der Waals surface area contributed by atoms with Gasteiger partial charge in [0.1, 0.15) is 6.29 Å². The van der Waals surface area contributed by atoms with Gasteiger partial charge in [-0.2, -0.15) is 0 Å². The topological polar surface area (TPSA) is 46.2 Å². The van der Waals surface area contributed by atoms with Crippen molar-refractivity contribution in [3.05, 3.63) is 29.3 Å². The fourth-order valence-corrected chi connectivity index (χ4v) is 1.96. The summed E-state index contributed by atoms with van der Waals surface area (Å²) in [4.78, 5) is 21.7. The second-order valence-electron chi connectivity index (χ2n) is 3.91. The number of rotatable bonds is 3. The number of para-hydroxylation sites is 1. The third kappa shape index (κ3) is 1.77. The molecule has 1 aliphatic rings. The van der Waals surface area contributed by atoms with Gasteiger partial charge in [-0.3, -0.25) is 4.79 Å². The van der Waals surface area contributed by atoms with Crippen LogP contribution in [0, 0.1) is 0 Å². The lowest BCUT2D eigenvalue weighted by molar-refractivity contribution is -0.115. The smallest absolute Gasteiger partial charge is 0.228 e. The number of nitrogens with one attached hydrogen (secondary N) is 1. The Hall–Kier alpha value is -1.64. The molecule has 15 heavy (non-hydrogen) atoms. The van der Waals surface area contributed by atoms with E-state index in [1.807, 2.05) is 25.1 Å². The maximum absolute atomic E-state index is 11.3. The molecule has 1 aliphatic heterocycles. The number of aldehydes is 1. The Morgan fingerprint density at radius 3 is 3.07 bits per heavy atom. The molecule has 3 nitrogen and oxygen atoms in total. The van der Waals surface area contributed by atoms with Crippen LogP contribution >= 0.6 is 0 Å². The zero-order valence-electron chi connectivity index (χ0n) is 8.62. The predicted molar refractivity (Wildman–Crippen MR) is 57.9 cm³/mol. The van der Waals surface area contributed by atoms with Crippen molar-refractivity contribution in [3.8, 4) is 0 Å². The average molecular weight is 203 g/mol. The van der Waals surface area contributed by atoms with E-state index in [0.29, 0.717) is 12.8 Å². The Bertz CT molecular complexity index is 412. The van der Waals surface area contributed by atoms with Crippen LogP contribution in [0.4, 0.5) is 5.69 Å². The Kier molecular flexibility index (Phi) is 2.54. The second kappa shape index (κ2) is 3.85. The molecule has 0 saturated carbocycles. The number of hydrogen-bond acceptors (Lipinski definition) is 2. The number of amides is 1. The first-order valence-electron chi connectivity index (χ1n) is 5.07. The number of benzene rings is 1. The van der Waals surface area contributed by atoms with Crippen LogP contribution in [0.3, 0.4) is 0 Å². The highest BCUT2D eigenvalue weighted by molar-refractivity contribution is 6.00. The second-order valence-corrected chi connectivity index (χ2v) is 3.91. The minimum atomic E-state index is 0.0377.